The minimum absolute atomic E-state index is 0.0691. The molecule has 0 spiro atoms. The summed E-state index contributed by atoms with van der Waals surface area (Å²) in [4.78, 5) is 20.3. The van der Waals surface area contributed by atoms with Crippen molar-refractivity contribution in [2.75, 3.05) is 6.54 Å². The van der Waals surface area contributed by atoms with E-state index in [4.69, 9.17) is 0 Å². The summed E-state index contributed by atoms with van der Waals surface area (Å²) < 4.78 is 0. The van der Waals surface area contributed by atoms with Crippen LogP contribution in [0.4, 0.5) is 0 Å². The van der Waals surface area contributed by atoms with Crippen LogP contribution in [-0.4, -0.2) is 22.4 Å². The van der Waals surface area contributed by atoms with Crippen molar-refractivity contribution in [2.24, 2.45) is 5.41 Å². The van der Waals surface area contributed by atoms with E-state index in [2.05, 4.69) is 36.1 Å². The average Bonchev–Trinajstić information content (AvgIpc) is 2.86. The number of carbonyl (C=O) groups is 1. The Morgan fingerprint density at radius 3 is 2.63 bits per heavy atom. The molecule has 0 aliphatic heterocycles. The quantitative estimate of drug-likeness (QED) is 0.937. The summed E-state index contributed by atoms with van der Waals surface area (Å²) in [7, 11) is 0. The molecule has 0 saturated carbocycles. The van der Waals surface area contributed by atoms with Crippen LogP contribution >= 0.6 is 11.3 Å². The third kappa shape index (κ3) is 3.86. The lowest BCUT2D eigenvalue weighted by Crippen LogP contribution is -2.32. The molecule has 0 radical (unpaired) electrons. The van der Waals surface area contributed by atoms with Crippen LogP contribution in [0.3, 0.4) is 0 Å². The summed E-state index contributed by atoms with van der Waals surface area (Å²) in [6, 6.07) is 3.77. The molecule has 19 heavy (non-hydrogen) atoms. The second-order valence-electron chi connectivity index (χ2n) is 5.52. The van der Waals surface area contributed by atoms with Crippen LogP contribution in [0, 0.1) is 5.41 Å². The lowest BCUT2D eigenvalue weighted by atomic mass is 9.97. The smallest absolute Gasteiger partial charge is 0.270 e. The molecular weight excluding hydrogens is 258 g/mol. The highest BCUT2D eigenvalue weighted by Gasteiger charge is 2.15. The number of aromatic nitrogens is 2. The molecule has 0 atom stereocenters. The molecule has 2 rings (SSSR count). The van der Waals surface area contributed by atoms with E-state index < -0.39 is 0 Å². The van der Waals surface area contributed by atoms with E-state index >= 15 is 0 Å². The van der Waals surface area contributed by atoms with Gasteiger partial charge in [0.2, 0.25) is 0 Å². The van der Waals surface area contributed by atoms with E-state index in [-0.39, 0.29) is 11.3 Å². The molecule has 0 aliphatic carbocycles. The first-order valence-corrected chi connectivity index (χ1v) is 6.98. The lowest BCUT2D eigenvalue weighted by molar-refractivity contribution is 0.0935. The predicted octanol–water partition coefficient (Wildman–Crippen LogP) is 2.98. The first kappa shape index (κ1) is 13.7. The second kappa shape index (κ2) is 5.48. The molecule has 0 fully saturated rings. The fourth-order valence-electron chi connectivity index (χ4n) is 1.44. The summed E-state index contributed by atoms with van der Waals surface area (Å²) in [5.41, 5.74) is 1.52. The van der Waals surface area contributed by atoms with Gasteiger partial charge in [0.15, 0.2) is 0 Å². The molecule has 5 heteroatoms. The zero-order valence-corrected chi connectivity index (χ0v) is 12.1. The maximum absolute atomic E-state index is 12.0. The Bertz CT molecular complexity index is 558. The van der Waals surface area contributed by atoms with Crippen LogP contribution in [0.5, 0.6) is 0 Å². The Labute approximate surface area is 116 Å². The van der Waals surface area contributed by atoms with E-state index in [1.807, 2.05) is 12.1 Å². The molecule has 0 saturated heterocycles. The molecule has 0 aromatic carbocycles. The summed E-state index contributed by atoms with van der Waals surface area (Å²) >= 11 is 1.46. The largest absolute Gasteiger partial charge is 0.350 e. The molecule has 0 bridgehead atoms. The Hall–Kier alpha value is -1.75. The fourth-order valence-corrected chi connectivity index (χ4v) is 2.25. The summed E-state index contributed by atoms with van der Waals surface area (Å²) in [5.74, 6) is -0.119. The van der Waals surface area contributed by atoms with Gasteiger partial charge in [-0.15, -0.1) is 11.3 Å². The third-order valence-electron chi connectivity index (χ3n) is 2.44. The van der Waals surface area contributed by atoms with Gasteiger partial charge >= 0.3 is 0 Å². The van der Waals surface area contributed by atoms with E-state index in [1.54, 1.807) is 17.8 Å². The van der Waals surface area contributed by atoms with Crippen LogP contribution in [0.25, 0.3) is 10.6 Å². The van der Waals surface area contributed by atoms with Gasteiger partial charge in [0.05, 0.1) is 0 Å². The van der Waals surface area contributed by atoms with Gasteiger partial charge in [-0.25, -0.2) is 4.98 Å². The van der Waals surface area contributed by atoms with Crippen LogP contribution in [0.1, 0.15) is 31.3 Å². The highest BCUT2D eigenvalue weighted by Crippen LogP contribution is 2.22. The first-order chi connectivity index (χ1) is 8.96. The van der Waals surface area contributed by atoms with Crippen LogP contribution in [0.15, 0.2) is 29.9 Å². The standard InChI is InChI=1S/C14H17N3OS/c1-14(2,3)9-16-12(18)11-8-19-13(17-11)10-4-6-15-7-5-10/h4-8H,9H2,1-3H3,(H,16,18). The van der Waals surface area contributed by atoms with Gasteiger partial charge < -0.3 is 5.32 Å². The zero-order valence-electron chi connectivity index (χ0n) is 11.3. The number of nitrogens with one attached hydrogen (secondary N) is 1. The molecular formula is C14H17N3OS. The number of thiazole rings is 1. The summed E-state index contributed by atoms with van der Waals surface area (Å²) in [5, 5.41) is 5.52. The Morgan fingerprint density at radius 1 is 1.32 bits per heavy atom. The van der Waals surface area contributed by atoms with Gasteiger partial charge in [0, 0.05) is 29.9 Å². The van der Waals surface area contributed by atoms with Crippen molar-refractivity contribution in [1.82, 2.24) is 15.3 Å². The predicted molar refractivity (Wildman–Crippen MR) is 77.1 cm³/mol. The van der Waals surface area contributed by atoms with Crippen molar-refractivity contribution in [3.63, 3.8) is 0 Å². The van der Waals surface area contributed by atoms with Gasteiger partial charge in [-0.3, -0.25) is 9.78 Å². The maximum atomic E-state index is 12.0. The molecule has 0 aliphatic rings. The first-order valence-electron chi connectivity index (χ1n) is 6.10. The normalized spacial score (nSPS) is 11.3. The number of hydrogen-bond donors (Lipinski definition) is 1. The van der Waals surface area contributed by atoms with E-state index in [0.29, 0.717) is 12.2 Å². The average molecular weight is 275 g/mol. The monoisotopic (exact) mass is 275 g/mol. The van der Waals surface area contributed by atoms with Crippen molar-refractivity contribution < 1.29 is 4.79 Å². The van der Waals surface area contributed by atoms with E-state index in [1.165, 1.54) is 11.3 Å². The van der Waals surface area contributed by atoms with Crippen molar-refractivity contribution in [3.8, 4) is 10.6 Å². The molecule has 0 unspecified atom stereocenters. The van der Waals surface area contributed by atoms with Crippen LogP contribution in [-0.2, 0) is 0 Å². The second-order valence-corrected chi connectivity index (χ2v) is 6.38. The molecule has 2 heterocycles. The number of pyridine rings is 1. The van der Waals surface area contributed by atoms with Crippen molar-refractivity contribution in [2.45, 2.75) is 20.8 Å². The van der Waals surface area contributed by atoms with Gasteiger partial charge in [-0.05, 0) is 17.5 Å². The lowest BCUT2D eigenvalue weighted by Gasteiger charge is -2.18. The highest BCUT2D eigenvalue weighted by molar-refractivity contribution is 7.13. The third-order valence-corrected chi connectivity index (χ3v) is 3.33. The maximum Gasteiger partial charge on any atom is 0.270 e. The number of rotatable bonds is 3. The van der Waals surface area contributed by atoms with Crippen LogP contribution < -0.4 is 5.32 Å². The van der Waals surface area contributed by atoms with Crippen molar-refractivity contribution in [3.05, 3.63) is 35.6 Å². The summed E-state index contributed by atoms with van der Waals surface area (Å²) in [6.45, 7) is 6.87. The molecule has 100 valence electrons. The van der Waals surface area contributed by atoms with E-state index in [9.17, 15) is 4.79 Å². The van der Waals surface area contributed by atoms with Gasteiger partial charge in [-0.2, -0.15) is 0 Å². The van der Waals surface area contributed by atoms with Crippen molar-refractivity contribution >= 4 is 17.2 Å². The zero-order chi connectivity index (χ0) is 13.9. The molecule has 1 amide bonds. The summed E-state index contributed by atoms with van der Waals surface area (Å²) in [6.07, 6.45) is 3.44. The Morgan fingerprint density at radius 2 is 2.00 bits per heavy atom. The topological polar surface area (TPSA) is 54.9 Å². The number of nitrogens with zero attached hydrogens (tertiary/aromatic N) is 2. The van der Waals surface area contributed by atoms with Gasteiger partial charge in [0.25, 0.3) is 5.91 Å². The van der Waals surface area contributed by atoms with Crippen molar-refractivity contribution in [1.29, 1.82) is 0 Å². The van der Waals surface area contributed by atoms with Gasteiger partial charge in [-0.1, -0.05) is 20.8 Å². The van der Waals surface area contributed by atoms with E-state index in [0.717, 1.165) is 10.6 Å². The molecule has 2 aromatic rings. The number of hydrogen-bond acceptors (Lipinski definition) is 4. The minimum atomic E-state index is -0.119. The Kier molecular flexibility index (Phi) is 3.95. The van der Waals surface area contributed by atoms with Gasteiger partial charge in [0.1, 0.15) is 10.7 Å². The number of amides is 1. The molecule has 2 aromatic heterocycles. The number of carbonyl (C=O) groups excluding carboxylic acids is 1. The Balaban J connectivity index is 2.07. The van der Waals surface area contributed by atoms with Crippen LogP contribution in [0.2, 0.25) is 0 Å². The molecule has 4 nitrogen and oxygen atoms in total. The molecule has 1 N–H and O–H groups in total. The fraction of sp³-hybridized carbons (Fsp3) is 0.357. The highest BCUT2D eigenvalue weighted by atomic mass is 32.1. The SMILES string of the molecule is CC(C)(C)CNC(=O)c1csc(-c2ccncc2)n1. The minimum Gasteiger partial charge on any atom is -0.350 e.